The first-order valence-corrected chi connectivity index (χ1v) is 11.8. The van der Waals surface area contributed by atoms with Crippen molar-refractivity contribution < 1.29 is 50.9 Å². The number of rotatable bonds is 4. The number of aryl methyl sites for hydroxylation is 1. The summed E-state index contributed by atoms with van der Waals surface area (Å²) in [7, 11) is 0. The van der Waals surface area contributed by atoms with Crippen LogP contribution >= 0.6 is 0 Å². The Morgan fingerprint density at radius 3 is 2.10 bits per heavy atom. The van der Waals surface area contributed by atoms with E-state index in [2.05, 4.69) is 34.0 Å². The molecule has 1 fully saturated rings. The molecule has 1 saturated heterocycles. The first kappa shape index (κ1) is 31.8. The molecule has 10 nitrogen and oxygen atoms in total. The van der Waals surface area contributed by atoms with Gasteiger partial charge in [0.05, 0.1) is 6.54 Å². The molecule has 2 aliphatic rings. The van der Waals surface area contributed by atoms with Gasteiger partial charge in [0, 0.05) is 69.1 Å². The van der Waals surface area contributed by atoms with E-state index in [1.165, 1.54) is 5.56 Å². The number of hydrogen-bond donors (Lipinski definition) is 2. The number of carboxylic acid groups (broad SMARTS) is 2. The number of carbonyl (C=O) groups is 2. The summed E-state index contributed by atoms with van der Waals surface area (Å²) in [6, 6.07) is 7.01. The first-order chi connectivity index (χ1) is 18.2. The van der Waals surface area contributed by atoms with E-state index >= 15 is 0 Å². The van der Waals surface area contributed by atoms with Crippen molar-refractivity contribution in [3.05, 3.63) is 41.9 Å². The molecular formula is C23H29F6N5O5. The maximum Gasteiger partial charge on any atom is 0.490 e. The highest BCUT2D eigenvalue weighted by atomic mass is 19.4. The number of alkyl halides is 6. The molecule has 16 heteroatoms. The minimum absolute atomic E-state index is 0.633. The van der Waals surface area contributed by atoms with Crippen LogP contribution in [0.3, 0.4) is 0 Å². The van der Waals surface area contributed by atoms with E-state index in [0.717, 1.165) is 70.3 Å². The zero-order valence-electron chi connectivity index (χ0n) is 21.0. The summed E-state index contributed by atoms with van der Waals surface area (Å²) in [4.78, 5) is 27.7. The number of aliphatic carboxylic acids is 2. The lowest BCUT2D eigenvalue weighted by atomic mass is 10.1. The Kier molecular flexibility index (Phi) is 11.5. The van der Waals surface area contributed by atoms with E-state index in [1.807, 2.05) is 23.1 Å². The van der Waals surface area contributed by atoms with Gasteiger partial charge >= 0.3 is 24.3 Å². The molecule has 0 unspecified atom stereocenters. The molecule has 2 aromatic heterocycles. The Labute approximate surface area is 219 Å². The van der Waals surface area contributed by atoms with Crippen LogP contribution in [0.25, 0.3) is 0 Å². The van der Waals surface area contributed by atoms with Gasteiger partial charge in [-0.15, -0.1) is 0 Å². The van der Waals surface area contributed by atoms with E-state index in [0.29, 0.717) is 6.04 Å². The number of halogens is 6. The Morgan fingerprint density at radius 1 is 1.00 bits per heavy atom. The number of ether oxygens (including phenoxy) is 1. The predicted octanol–water partition coefficient (Wildman–Crippen LogP) is 3.35. The standard InChI is InChI=1S/C19H27N5O.2C2HF3O2/c1-16-3-4-17-15-23(18-5-13-25-14-6-18)10-9-22(19(17)21-16)11-12-24-8-2-7-20-24;2*3-2(4,5)1(6)7/h2-4,7-8,18H,5-6,9-15H2,1H3;2*(H,6,7). The minimum Gasteiger partial charge on any atom is -0.475 e. The van der Waals surface area contributed by atoms with Crippen molar-refractivity contribution in [1.82, 2.24) is 19.7 Å². The number of pyridine rings is 1. The average Bonchev–Trinajstić information content (AvgIpc) is 3.31. The van der Waals surface area contributed by atoms with Gasteiger partial charge in [0.2, 0.25) is 0 Å². The number of fused-ring (bicyclic) bond motifs is 1. The Morgan fingerprint density at radius 2 is 1.59 bits per heavy atom. The molecule has 0 radical (unpaired) electrons. The van der Waals surface area contributed by atoms with Crippen molar-refractivity contribution >= 4 is 17.8 Å². The smallest absolute Gasteiger partial charge is 0.475 e. The van der Waals surface area contributed by atoms with Crippen LogP contribution in [0.15, 0.2) is 30.6 Å². The van der Waals surface area contributed by atoms with Crippen LogP contribution in [0.5, 0.6) is 0 Å². The molecule has 4 rings (SSSR count). The lowest BCUT2D eigenvalue weighted by molar-refractivity contribution is -0.193. The third-order valence-electron chi connectivity index (χ3n) is 5.78. The van der Waals surface area contributed by atoms with Gasteiger partial charge in [-0.05, 0) is 31.9 Å². The van der Waals surface area contributed by atoms with Crippen molar-refractivity contribution in [2.75, 3.05) is 37.7 Å². The van der Waals surface area contributed by atoms with Crippen LogP contribution in [0, 0.1) is 6.92 Å². The van der Waals surface area contributed by atoms with Gasteiger partial charge in [0.25, 0.3) is 0 Å². The number of aromatic nitrogens is 3. The number of carboxylic acids is 2. The largest absolute Gasteiger partial charge is 0.490 e. The van der Waals surface area contributed by atoms with Crippen LogP contribution in [-0.4, -0.2) is 93.1 Å². The van der Waals surface area contributed by atoms with Gasteiger partial charge in [-0.25, -0.2) is 14.6 Å². The lowest BCUT2D eigenvalue weighted by Crippen LogP contribution is -2.41. The average molecular weight is 570 g/mol. The van der Waals surface area contributed by atoms with Crippen molar-refractivity contribution in [1.29, 1.82) is 0 Å². The number of nitrogens with zero attached hydrogens (tertiary/aromatic N) is 5. The highest BCUT2D eigenvalue weighted by Crippen LogP contribution is 2.27. The quantitative estimate of drug-likeness (QED) is 0.534. The fraction of sp³-hybridized carbons (Fsp3) is 0.565. The van der Waals surface area contributed by atoms with E-state index in [9.17, 15) is 26.3 Å². The summed E-state index contributed by atoms with van der Waals surface area (Å²) in [5.41, 5.74) is 2.43. The van der Waals surface area contributed by atoms with Crippen LogP contribution in [-0.2, 0) is 27.4 Å². The monoisotopic (exact) mass is 569 g/mol. The lowest BCUT2D eigenvalue weighted by Gasteiger charge is -2.33. The second-order valence-corrected chi connectivity index (χ2v) is 8.61. The maximum absolute atomic E-state index is 10.6. The molecule has 39 heavy (non-hydrogen) atoms. The fourth-order valence-corrected chi connectivity index (χ4v) is 3.86. The van der Waals surface area contributed by atoms with E-state index < -0.39 is 24.3 Å². The molecular weight excluding hydrogens is 540 g/mol. The van der Waals surface area contributed by atoms with Gasteiger partial charge in [-0.3, -0.25) is 9.58 Å². The fourth-order valence-electron chi connectivity index (χ4n) is 3.86. The van der Waals surface area contributed by atoms with Crippen LogP contribution in [0.4, 0.5) is 32.2 Å². The molecule has 4 heterocycles. The summed E-state index contributed by atoms with van der Waals surface area (Å²) >= 11 is 0. The Bertz CT molecular complexity index is 1030. The van der Waals surface area contributed by atoms with Gasteiger partial charge in [0.15, 0.2) is 0 Å². The highest BCUT2D eigenvalue weighted by molar-refractivity contribution is 5.73. The van der Waals surface area contributed by atoms with Crippen molar-refractivity contribution in [3.8, 4) is 0 Å². The molecule has 2 N–H and O–H groups in total. The zero-order chi connectivity index (χ0) is 29.2. The van der Waals surface area contributed by atoms with Crippen molar-refractivity contribution in [2.45, 2.75) is 51.2 Å². The number of hydrogen-bond acceptors (Lipinski definition) is 7. The zero-order valence-corrected chi connectivity index (χ0v) is 21.0. The van der Waals surface area contributed by atoms with Crippen LogP contribution < -0.4 is 4.90 Å². The van der Waals surface area contributed by atoms with E-state index in [4.69, 9.17) is 29.5 Å². The SMILES string of the molecule is Cc1ccc2c(n1)N(CCn1cccn1)CCN(C1CCOCC1)C2.O=C(O)C(F)(F)F.O=C(O)C(F)(F)F. The van der Waals surface area contributed by atoms with Gasteiger partial charge in [-0.1, -0.05) is 6.07 Å². The van der Waals surface area contributed by atoms with Crippen molar-refractivity contribution in [2.24, 2.45) is 0 Å². The Balaban J connectivity index is 0.000000317. The summed E-state index contributed by atoms with van der Waals surface area (Å²) < 4.78 is 71.0. The van der Waals surface area contributed by atoms with Crippen LogP contribution in [0.2, 0.25) is 0 Å². The first-order valence-electron chi connectivity index (χ1n) is 11.8. The second-order valence-electron chi connectivity index (χ2n) is 8.61. The third kappa shape index (κ3) is 10.7. The predicted molar refractivity (Wildman–Crippen MR) is 125 cm³/mol. The molecule has 0 amide bonds. The molecule has 2 aliphatic heterocycles. The summed E-state index contributed by atoms with van der Waals surface area (Å²) in [6.07, 6.45) is -4.02. The van der Waals surface area contributed by atoms with E-state index in [-0.39, 0.29) is 0 Å². The topological polar surface area (TPSA) is 121 Å². The molecule has 0 bridgehead atoms. The minimum atomic E-state index is -5.08. The highest BCUT2D eigenvalue weighted by Gasteiger charge is 2.39. The summed E-state index contributed by atoms with van der Waals surface area (Å²) in [5.74, 6) is -4.36. The molecule has 0 aliphatic carbocycles. The summed E-state index contributed by atoms with van der Waals surface area (Å²) in [6.45, 7) is 8.78. The van der Waals surface area contributed by atoms with Crippen molar-refractivity contribution in [3.63, 3.8) is 0 Å². The van der Waals surface area contributed by atoms with Gasteiger partial charge in [0.1, 0.15) is 5.82 Å². The molecule has 218 valence electrons. The summed E-state index contributed by atoms with van der Waals surface area (Å²) in [5, 5.41) is 18.6. The molecule has 0 aromatic carbocycles. The van der Waals surface area contributed by atoms with E-state index in [1.54, 1.807) is 0 Å². The normalized spacial score (nSPS) is 16.6. The molecule has 0 atom stereocenters. The molecule has 2 aromatic rings. The van der Waals surface area contributed by atoms with Gasteiger partial charge in [-0.2, -0.15) is 31.4 Å². The second kappa shape index (κ2) is 14.1. The van der Waals surface area contributed by atoms with Crippen LogP contribution in [0.1, 0.15) is 24.1 Å². The molecule has 0 spiro atoms. The maximum atomic E-state index is 10.6. The number of anilines is 1. The molecule has 0 saturated carbocycles. The Hall–Kier alpha value is -3.40. The van der Waals surface area contributed by atoms with Gasteiger partial charge < -0.3 is 19.8 Å². The third-order valence-corrected chi connectivity index (χ3v) is 5.78.